The van der Waals surface area contributed by atoms with E-state index in [1.165, 1.54) is 35.5 Å². The van der Waals surface area contributed by atoms with Crippen molar-refractivity contribution in [2.24, 2.45) is 0 Å². The minimum absolute atomic E-state index is 0.166. The summed E-state index contributed by atoms with van der Waals surface area (Å²) in [5.74, 6) is 0. The van der Waals surface area contributed by atoms with Crippen molar-refractivity contribution in [3.05, 3.63) is 66.2 Å². The SMILES string of the molecule is O=S(=O)(Nc1cc(Cl)ccc1-n1cncn1)c1ccccc1. The predicted molar refractivity (Wildman–Crippen MR) is 83.6 cm³/mol. The van der Waals surface area contributed by atoms with Gasteiger partial charge in [0.1, 0.15) is 12.7 Å². The van der Waals surface area contributed by atoms with Crippen LogP contribution in [0.4, 0.5) is 5.69 Å². The van der Waals surface area contributed by atoms with Gasteiger partial charge >= 0.3 is 0 Å². The van der Waals surface area contributed by atoms with Crippen LogP contribution in [0.2, 0.25) is 5.02 Å². The highest BCUT2D eigenvalue weighted by atomic mass is 35.5. The van der Waals surface area contributed by atoms with E-state index < -0.39 is 10.0 Å². The number of nitrogens with zero attached hydrogens (tertiary/aromatic N) is 3. The molecule has 8 heteroatoms. The molecular weight excluding hydrogens is 324 g/mol. The molecular formula is C14H11ClN4O2S. The van der Waals surface area contributed by atoms with E-state index >= 15 is 0 Å². The number of benzene rings is 2. The molecule has 1 N–H and O–H groups in total. The molecule has 2 aromatic carbocycles. The number of halogens is 1. The Kier molecular flexibility index (Phi) is 3.82. The number of anilines is 1. The lowest BCUT2D eigenvalue weighted by Gasteiger charge is -2.12. The highest BCUT2D eigenvalue weighted by Gasteiger charge is 2.17. The molecule has 0 unspecified atom stereocenters. The van der Waals surface area contributed by atoms with Crippen LogP contribution < -0.4 is 4.72 Å². The molecule has 0 saturated heterocycles. The number of aromatic nitrogens is 3. The lowest BCUT2D eigenvalue weighted by atomic mass is 10.3. The van der Waals surface area contributed by atoms with Crippen LogP contribution in [0.1, 0.15) is 0 Å². The van der Waals surface area contributed by atoms with Crippen LogP contribution in [0.5, 0.6) is 0 Å². The molecule has 1 aromatic heterocycles. The molecule has 0 aliphatic heterocycles. The van der Waals surface area contributed by atoms with Gasteiger partial charge < -0.3 is 0 Å². The van der Waals surface area contributed by atoms with Gasteiger partial charge in [-0.2, -0.15) is 5.10 Å². The minimum Gasteiger partial charge on any atom is -0.277 e. The number of rotatable bonds is 4. The Balaban J connectivity index is 2.04. The van der Waals surface area contributed by atoms with Crippen LogP contribution in [0.25, 0.3) is 5.69 Å². The van der Waals surface area contributed by atoms with Gasteiger partial charge in [-0.25, -0.2) is 18.1 Å². The molecule has 0 spiro atoms. The van der Waals surface area contributed by atoms with Crippen molar-refractivity contribution in [1.29, 1.82) is 0 Å². The van der Waals surface area contributed by atoms with Gasteiger partial charge in [0.2, 0.25) is 0 Å². The van der Waals surface area contributed by atoms with Crippen LogP contribution in [0, 0.1) is 0 Å². The maximum absolute atomic E-state index is 12.4. The van der Waals surface area contributed by atoms with Gasteiger partial charge in [-0.1, -0.05) is 29.8 Å². The van der Waals surface area contributed by atoms with E-state index in [-0.39, 0.29) is 4.90 Å². The maximum Gasteiger partial charge on any atom is 0.261 e. The summed E-state index contributed by atoms with van der Waals surface area (Å²) in [6, 6.07) is 12.9. The second-order valence-corrected chi connectivity index (χ2v) is 6.54. The molecule has 112 valence electrons. The second-order valence-electron chi connectivity index (χ2n) is 4.42. The van der Waals surface area contributed by atoms with Crippen LogP contribution >= 0.6 is 11.6 Å². The number of sulfonamides is 1. The predicted octanol–water partition coefficient (Wildman–Crippen LogP) is 2.72. The molecule has 0 aliphatic carbocycles. The molecule has 0 radical (unpaired) electrons. The van der Waals surface area contributed by atoms with Gasteiger partial charge in [0.05, 0.1) is 16.3 Å². The third-order valence-electron chi connectivity index (χ3n) is 2.92. The monoisotopic (exact) mass is 334 g/mol. The molecule has 0 atom stereocenters. The van der Waals surface area contributed by atoms with Crippen molar-refractivity contribution in [2.75, 3.05) is 4.72 Å². The zero-order chi connectivity index (χ0) is 15.6. The average Bonchev–Trinajstić information content (AvgIpc) is 3.02. The Morgan fingerprint density at radius 2 is 1.86 bits per heavy atom. The fourth-order valence-corrected chi connectivity index (χ4v) is 3.18. The van der Waals surface area contributed by atoms with E-state index in [0.717, 1.165) is 0 Å². The minimum atomic E-state index is -3.71. The van der Waals surface area contributed by atoms with Gasteiger partial charge in [0.25, 0.3) is 10.0 Å². The van der Waals surface area contributed by atoms with Gasteiger partial charge in [0.15, 0.2) is 0 Å². The summed E-state index contributed by atoms with van der Waals surface area (Å²) in [6.45, 7) is 0. The van der Waals surface area contributed by atoms with Crippen LogP contribution in [-0.2, 0) is 10.0 Å². The molecule has 1 heterocycles. The largest absolute Gasteiger partial charge is 0.277 e. The van der Waals surface area contributed by atoms with E-state index in [1.807, 2.05) is 0 Å². The standard InChI is InChI=1S/C14H11ClN4O2S/c15-11-6-7-14(19-10-16-9-17-19)13(8-11)18-22(20,21)12-4-2-1-3-5-12/h1-10,18H. The summed E-state index contributed by atoms with van der Waals surface area (Å²) in [7, 11) is -3.71. The van der Waals surface area contributed by atoms with E-state index in [0.29, 0.717) is 16.4 Å². The fourth-order valence-electron chi connectivity index (χ4n) is 1.93. The van der Waals surface area contributed by atoms with Crippen LogP contribution in [-0.4, -0.2) is 23.2 Å². The van der Waals surface area contributed by atoms with Crippen molar-refractivity contribution < 1.29 is 8.42 Å². The van der Waals surface area contributed by atoms with Crippen LogP contribution in [0.15, 0.2) is 66.1 Å². The molecule has 6 nitrogen and oxygen atoms in total. The van der Waals surface area contributed by atoms with Crippen molar-refractivity contribution >= 4 is 27.3 Å². The third-order valence-corrected chi connectivity index (χ3v) is 4.54. The Morgan fingerprint density at radius 3 is 2.55 bits per heavy atom. The van der Waals surface area contributed by atoms with E-state index in [2.05, 4.69) is 14.8 Å². The first-order valence-corrected chi connectivity index (χ1v) is 8.15. The maximum atomic E-state index is 12.4. The second kappa shape index (κ2) is 5.78. The van der Waals surface area contributed by atoms with Gasteiger partial charge in [-0.05, 0) is 30.3 Å². The number of hydrogen-bond acceptors (Lipinski definition) is 4. The molecule has 3 aromatic rings. The first-order valence-electron chi connectivity index (χ1n) is 6.29. The lowest BCUT2D eigenvalue weighted by Crippen LogP contribution is -2.14. The smallest absolute Gasteiger partial charge is 0.261 e. The average molecular weight is 335 g/mol. The van der Waals surface area contributed by atoms with Crippen LogP contribution in [0.3, 0.4) is 0 Å². The first-order chi connectivity index (χ1) is 10.6. The molecule has 0 bridgehead atoms. The highest BCUT2D eigenvalue weighted by molar-refractivity contribution is 7.92. The Hall–Kier alpha value is -2.38. The van der Waals surface area contributed by atoms with Gasteiger partial charge in [0, 0.05) is 5.02 Å². The summed E-state index contributed by atoms with van der Waals surface area (Å²) >= 11 is 5.97. The van der Waals surface area contributed by atoms with E-state index in [4.69, 9.17) is 11.6 Å². The Bertz CT molecular complexity index is 880. The molecule has 0 fully saturated rings. The summed E-state index contributed by atoms with van der Waals surface area (Å²) in [5, 5.41) is 4.42. The zero-order valence-corrected chi connectivity index (χ0v) is 12.8. The van der Waals surface area contributed by atoms with Crippen molar-refractivity contribution in [3.63, 3.8) is 0 Å². The van der Waals surface area contributed by atoms with Gasteiger partial charge in [-0.3, -0.25) is 4.72 Å². The highest BCUT2D eigenvalue weighted by Crippen LogP contribution is 2.26. The molecule has 22 heavy (non-hydrogen) atoms. The summed E-state index contributed by atoms with van der Waals surface area (Å²) in [4.78, 5) is 4.02. The van der Waals surface area contributed by atoms with Crippen molar-refractivity contribution in [3.8, 4) is 5.69 Å². The molecule has 0 saturated carbocycles. The summed E-state index contributed by atoms with van der Waals surface area (Å²) in [5.41, 5.74) is 0.850. The summed E-state index contributed by atoms with van der Waals surface area (Å²) in [6.07, 6.45) is 2.84. The van der Waals surface area contributed by atoms with Crippen molar-refractivity contribution in [2.45, 2.75) is 4.90 Å². The molecule has 3 rings (SSSR count). The fraction of sp³-hybridized carbons (Fsp3) is 0. The zero-order valence-electron chi connectivity index (χ0n) is 11.2. The number of nitrogens with one attached hydrogen (secondary N) is 1. The topological polar surface area (TPSA) is 76.9 Å². The Labute approximate surface area is 132 Å². The quantitative estimate of drug-likeness (QED) is 0.795. The first kappa shape index (κ1) is 14.6. The molecule has 0 amide bonds. The Morgan fingerprint density at radius 1 is 1.09 bits per heavy atom. The lowest BCUT2D eigenvalue weighted by molar-refractivity contribution is 0.601. The normalized spacial score (nSPS) is 11.3. The third kappa shape index (κ3) is 2.95. The van der Waals surface area contributed by atoms with Crippen molar-refractivity contribution in [1.82, 2.24) is 14.8 Å². The summed E-state index contributed by atoms with van der Waals surface area (Å²) < 4.78 is 28.9. The van der Waals surface area contributed by atoms with E-state index in [1.54, 1.807) is 30.3 Å². The van der Waals surface area contributed by atoms with Gasteiger partial charge in [-0.15, -0.1) is 0 Å². The molecule has 0 aliphatic rings. The van der Waals surface area contributed by atoms with E-state index in [9.17, 15) is 8.42 Å². The number of hydrogen-bond donors (Lipinski definition) is 1.